The summed E-state index contributed by atoms with van der Waals surface area (Å²) in [5, 5.41) is 0. The molecule has 0 aliphatic carbocycles. The molecule has 2 rings (SSSR count). The zero-order valence-corrected chi connectivity index (χ0v) is 12.2. The van der Waals surface area contributed by atoms with Gasteiger partial charge in [-0.1, -0.05) is 28.9 Å². The van der Waals surface area contributed by atoms with Gasteiger partial charge in [0.05, 0.1) is 0 Å². The largest absolute Gasteiger partial charge is 0.369 e. The highest BCUT2D eigenvalue weighted by molar-refractivity contribution is 9.10. The van der Waals surface area contributed by atoms with Crippen molar-refractivity contribution >= 4 is 21.6 Å². The Morgan fingerprint density at radius 2 is 2.18 bits per heavy atom. The highest BCUT2D eigenvalue weighted by Gasteiger charge is 2.24. The number of rotatable bonds is 2. The van der Waals surface area contributed by atoms with Crippen LogP contribution in [0.15, 0.2) is 22.7 Å². The highest BCUT2D eigenvalue weighted by Crippen LogP contribution is 2.32. The van der Waals surface area contributed by atoms with E-state index in [1.54, 1.807) is 0 Å². The van der Waals surface area contributed by atoms with Crippen molar-refractivity contribution in [2.24, 2.45) is 11.7 Å². The smallest absolute Gasteiger partial charge is 0.0425 e. The quantitative estimate of drug-likeness (QED) is 0.905. The molecule has 2 unspecified atom stereocenters. The first-order valence-electron chi connectivity index (χ1n) is 6.37. The average Bonchev–Trinajstić information content (AvgIpc) is 2.29. The summed E-state index contributed by atoms with van der Waals surface area (Å²) in [6, 6.07) is 7.01. The van der Waals surface area contributed by atoms with E-state index in [2.05, 4.69) is 52.9 Å². The number of nitrogens with zero attached hydrogens (tertiary/aromatic N) is 1. The van der Waals surface area contributed by atoms with E-state index in [1.165, 1.54) is 24.1 Å². The molecule has 1 aromatic rings. The number of nitrogens with two attached hydrogens (primary N) is 1. The zero-order valence-electron chi connectivity index (χ0n) is 10.6. The number of halogens is 1. The van der Waals surface area contributed by atoms with E-state index >= 15 is 0 Å². The summed E-state index contributed by atoms with van der Waals surface area (Å²) in [6.45, 7) is 6.42. The summed E-state index contributed by atoms with van der Waals surface area (Å²) in [4.78, 5) is 2.51. The highest BCUT2D eigenvalue weighted by atomic mass is 79.9. The third-order valence-electron chi connectivity index (χ3n) is 3.72. The molecular weight excluding hydrogens is 276 g/mol. The summed E-state index contributed by atoms with van der Waals surface area (Å²) in [7, 11) is 0. The molecule has 3 heteroatoms. The van der Waals surface area contributed by atoms with Gasteiger partial charge in [-0.15, -0.1) is 0 Å². The van der Waals surface area contributed by atoms with E-state index in [1.807, 2.05) is 0 Å². The number of benzene rings is 1. The molecule has 2 nitrogen and oxygen atoms in total. The fourth-order valence-electron chi connectivity index (χ4n) is 2.74. The number of piperidine rings is 1. The Hall–Kier alpha value is -0.540. The van der Waals surface area contributed by atoms with E-state index < -0.39 is 0 Å². The van der Waals surface area contributed by atoms with Crippen molar-refractivity contribution in [2.45, 2.75) is 39.3 Å². The Kier molecular flexibility index (Phi) is 4.10. The molecule has 1 saturated heterocycles. The Morgan fingerprint density at radius 3 is 2.82 bits per heavy atom. The summed E-state index contributed by atoms with van der Waals surface area (Å²) >= 11 is 3.56. The third kappa shape index (κ3) is 2.83. The molecular formula is C14H21BrN2. The maximum atomic E-state index is 5.84. The van der Waals surface area contributed by atoms with E-state index in [0.29, 0.717) is 12.6 Å². The van der Waals surface area contributed by atoms with Crippen molar-refractivity contribution in [1.29, 1.82) is 0 Å². The molecule has 94 valence electrons. The van der Waals surface area contributed by atoms with Crippen LogP contribution in [-0.2, 0) is 6.54 Å². The molecule has 0 aromatic heterocycles. The van der Waals surface area contributed by atoms with E-state index in [4.69, 9.17) is 5.73 Å². The van der Waals surface area contributed by atoms with Crippen LogP contribution in [0.4, 0.5) is 5.69 Å². The van der Waals surface area contributed by atoms with E-state index in [-0.39, 0.29) is 0 Å². The van der Waals surface area contributed by atoms with Gasteiger partial charge in [-0.2, -0.15) is 0 Å². The lowest BCUT2D eigenvalue weighted by Crippen LogP contribution is -2.40. The molecule has 1 aromatic carbocycles. The predicted molar refractivity (Wildman–Crippen MR) is 77.2 cm³/mol. The van der Waals surface area contributed by atoms with Gasteiger partial charge < -0.3 is 10.6 Å². The normalized spacial score (nSPS) is 25.1. The number of hydrogen-bond donors (Lipinski definition) is 1. The first-order valence-corrected chi connectivity index (χ1v) is 7.16. The molecule has 1 aliphatic rings. The lowest BCUT2D eigenvalue weighted by atomic mass is 9.92. The van der Waals surface area contributed by atoms with Crippen LogP contribution in [0.3, 0.4) is 0 Å². The third-order valence-corrected chi connectivity index (χ3v) is 4.21. The minimum Gasteiger partial charge on any atom is -0.369 e. The second-order valence-electron chi connectivity index (χ2n) is 5.15. The number of hydrogen-bond acceptors (Lipinski definition) is 2. The van der Waals surface area contributed by atoms with Gasteiger partial charge in [0.1, 0.15) is 0 Å². The monoisotopic (exact) mass is 296 g/mol. The van der Waals surface area contributed by atoms with Crippen molar-refractivity contribution < 1.29 is 0 Å². The SMILES string of the molecule is CC1CCN(c2cc(Br)ccc2CN)C(C)C1. The first kappa shape index (κ1) is 12.9. The van der Waals surface area contributed by atoms with Gasteiger partial charge >= 0.3 is 0 Å². The van der Waals surface area contributed by atoms with E-state index in [0.717, 1.165) is 16.9 Å². The Labute approximate surface area is 112 Å². The van der Waals surface area contributed by atoms with Crippen LogP contribution in [0.5, 0.6) is 0 Å². The van der Waals surface area contributed by atoms with Gasteiger partial charge in [-0.05, 0) is 43.4 Å². The molecule has 0 amide bonds. The molecule has 2 atom stereocenters. The molecule has 17 heavy (non-hydrogen) atoms. The Balaban J connectivity index is 2.29. The van der Waals surface area contributed by atoms with Crippen LogP contribution < -0.4 is 10.6 Å². The van der Waals surface area contributed by atoms with Gasteiger partial charge in [-0.3, -0.25) is 0 Å². The summed E-state index contributed by atoms with van der Waals surface area (Å²) in [6.07, 6.45) is 2.55. The van der Waals surface area contributed by atoms with Gasteiger partial charge in [-0.25, -0.2) is 0 Å². The summed E-state index contributed by atoms with van der Waals surface area (Å²) in [5.41, 5.74) is 8.39. The summed E-state index contributed by atoms with van der Waals surface area (Å²) in [5.74, 6) is 0.842. The van der Waals surface area contributed by atoms with Crippen molar-refractivity contribution in [3.05, 3.63) is 28.2 Å². The van der Waals surface area contributed by atoms with Gasteiger partial charge in [0.15, 0.2) is 0 Å². The minimum atomic E-state index is 0.610. The Bertz CT molecular complexity index is 392. The molecule has 1 aliphatic heterocycles. The lowest BCUT2D eigenvalue weighted by molar-refractivity contribution is 0.377. The predicted octanol–water partition coefficient (Wildman–Crippen LogP) is 3.53. The maximum absolute atomic E-state index is 5.84. The topological polar surface area (TPSA) is 29.3 Å². The first-order chi connectivity index (χ1) is 8.11. The van der Waals surface area contributed by atoms with E-state index in [9.17, 15) is 0 Å². The van der Waals surface area contributed by atoms with Crippen molar-refractivity contribution in [3.63, 3.8) is 0 Å². The molecule has 0 bridgehead atoms. The number of anilines is 1. The molecule has 1 fully saturated rings. The van der Waals surface area contributed by atoms with Crippen LogP contribution in [-0.4, -0.2) is 12.6 Å². The van der Waals surface area contributed by atoms with Gasteiger partial charge in [0.2, 0.25) is 0 Å². The standard InChI is InChI=1S/C14H21BrN2/c1-10-5-6-17(11(2)7-10)14-8-13(15)4-3-12(14)9-16/h3-4,8,10-11H,5-7,9,16H2,1-2H3. The second-order valence-corrected chi connectivity index (χ2v) is 6.06. The van der Waals surface area contributed by atoms with Gasteiger partial charge in [0, 0.05) is 29.3 Å². The molecule has 1 heterocycles. The molecule has 0 radical (unpaired) electrons. The van der Waals surface area contributed by atoms with Crippen LogP contribution in [0.2, 0.25) is 0 Å². The second kappa shape index (κ2) is 5.40. The molecule has 0 saturated carbocycles. The van der Waals surface area contributed by atoms with Crippen molar-refractivity contribution in [2.75, 3.05) is 11.4 Å². The maximum Gasteiger partial charge on any atom is 0.0425 e. The molecule has 0 spiro atoms. The van der Waals surface area contributed by atoms with Crippen LogP contribution in [0.1, 0.15) is 32.3 Å². The fraction of sp³-hybridized carbons (Fsp3) is 0.571. The van der Waals surface area contributed by atoms with Crippen molar-refractivity contribution in [3.8, 4) is 0 Å². The van der Waals surface area contributed by atoms with Crippen LogP contribution in [0.25, 0.3) is 0 Å². The summed E-state index contributed by atoms with van der Waals surface area (Å²) < 4.78 is 1.13. The lowest BCUT2D eigenvalue weighted by Gasteiger charge is -2.39. The Morgan fingerprint density at radius 1 is 1.41 bits per heavy atom. The minimum absolute atomic E-state index is 0.610. The molecule has 2 N–H and O–H groups in total. The van der Waals surface area contributed by atoms with Crippen LogP contribution >= 0.6 is 15.9 Å². The van der Waals surface area contributed by atoms with Gasteiger partial charge in [0.25, 0.3) is 0 Å². The zero-order chi connectivity index (χ0) is 12.4. The van der Waals surface area contributed by atoms with Crippen molar-refractivity contribution in [1.82, 2.24) is 0 Å². The fourth-order valence-corrected chi connectivity index (χ4v) is 3.09. The average molecular weight is 297 g/mol. The van der Waals surface area contributed by atoms with Crippen LogP contribution in [0, 0.1) is 5.92 Å².